The van der Waals surface area contributed by atoms with Crippen molar-refractivity contribution in [2.45, 2.75) is 71.6 Å². The number of ketones is 1. The summed E-state index contributed by atoms with van der Waals surface area (Å²) in [6.45, 7) is 10.5. The van der Waals surface area contributed by atoms with E-state index in [1.54, 1.807) is 21.0 Å². The van der Waals surface area contributed by atoms with Crippen LogP contribution in [0.1, 0.15) is 76.5 Å². The van der Waals surface area contributed by atoms with Crippen LogP contribution in [-0.4, -0.2) is 25.5 Å². The lowest BCUT2D eigenvalue weighted by Crippen LogP contribution is -2.57. The Morgan fingerprint density at radius 1 is 1.26 bits per heavy atom. The molecule has 0 aromatic heterocycles. The van der Waals surface area contributed by atoms with Crippen molar-refractivity contribution in [2.24, 2.45) is 11.3 Å². The Kier molecular flexibility index (Phi) is 5.13. The van der Waals surface area contributed by atoms with Crippen molar-refractivity contribution in [3.05, 3.63) is 28.8 Å². The number of rotatable bonds is 4. The van der Waals surface area contributed by atoms with Gasteiger partial charge < -0.3 is 9.47 Å². The zero-order valence-electron chi connectivity index (χ0n) is 17.5. The SMILES string of the molecule is CCOC(=O)[C@]1(C)C(=O)CC[C@]2(C)c3ccc(C(C)C)c(OC)c3CC[C@@H]12. The molecule has 1 fully saturated rings. The van der Waals surface area contributed by atoms with Crippen LogP contribution in [0, 0.1) is 11.3 Å². The summed E-state index contributed by atoms with van der Waals surface area (Å²) in [5.41, 5.74) is 2.42. The first-order valence-corrected chi connectivity index (χ1v) is 10.1. The summed E-state index contributed by atoms with van der Waals surface area (Å²) in [6, 6.07) is 4.37. The van der Waals surface area contributed by atoms with Gasteiger partial charge in [-0.3, -0.25) is 9.59 Å². The highest BCUT2D eigenvalue weighted by atomic mass is 16.5. The minimum Gasteiger partial charge on any atom is -0.496 e. The van der Waals surface area contributed by atoms with E-state index in [4.69, 9.17) is 9.47 Å². The summed E-state index contributed by atoms with van der Waals surface area (Å²) in [7, 11) is 1.74. The monoisotopic (exact) mass is 372 g/mol. The van der Waals surface area contributed by atoms with E-state index in [0.29, 0.717) is 18.9 Å². The highest BCUT2D eigenvalue weighted by Crippen LogP contribution is 2.57. The average Bonchev–Trinajstić information content (AvgIpc) is 2.64. The van der Waals surface area contributed by atoms with Gasteiger partial charge in [-0.05, 0) is 67.1 Å². The minimum absolute atomic E-state index is 0.0256. The zero-order valence-corrected chi connectivity index (χ0v) is 17.5. The van der Waals surface area contributed by atoms with Crippen molar-refractivity contribution in [3.8, 4) is 5.75 Å². The Morgan fingerprint density at radius 2 is 1.96 bits per heavy atom. The second-order valence-corrected chi connectivity index (χ2v) is 8.72. The Labute approximate surface area is 162 Å². The molecule has 2 aliphatic rings. The molecule has 4 nitrogen and oxygen atoms in total. The first-order valence-electron chi connectivity index (χ1n) is 10.1. The van der Waals surface area contributed by atoms with Crippen LogP contribution < -0.4 is 4.74 Å². The lowest BCUT2D eigenvalue weighted by atomic mass is 9.49. The third-order valence-electron chi connectivity index (χ3n) is 7.03. The summed E-state index contributed by atoms with van der Waals surface area (Å²) in [5.74, 6) is 0.982. The van der Waals surface area contributed by atoms with E-state index < -0.39 is 5.41 Å². The fraction of sp³-hybridized carbons (Fsp3) is 0.652. The topological polar surface area (TPSA) is 52.6 Å². The van der Waals surface area contributed by atoms with E-state index in [9.17, 15) is 9.59 Å². The van der Waals surface area contributed by atoms with Gasteiger partial charge in [0.1, 0.15) is 16.9 Å². The number of fused-ring (bicyclic) bond motifs is 3. The first-order chi connectivity index (χ1) is 12.7. The normalized spacial score (nSPS) is 29.9. The van der Waals surface area contributed by atoms with Gasteiger partial charge >= 0.3 is 5.97 Å². The van der Waals surface area contributed by atoms with Crippen LogP contribution in [0.15, 0.2) is 12.1 Å². The molecule has 1 aromatic carbocycles. The maximum absolute atomic E-state index is 12.9. The molecule has 1 saturated carbocycles. The summed E-state index contributed by atoms with van der Waals surface area (Å²) in [4.78, 5) is 25.7. The number of hydrogen-bond acceptors (Lipinski definition) is 4. The third kappa shape index (κ3) is 2.79. The molecule has 0 unspecified atom stereocenters. The second-order valence-electron chi connectivity index (χ2n) is 8.72. The van der Waals surface area contributed by atoms with E-state index in [1.165, 1.54) is 16.7 Å². The molecular weight excluding hydrogens is 340 g/mol. The van der Waals surface area contributed by atoms with Crippen molar-refractivity contribution in [3.63, 3.8) is 0 Å². The predicted octanol–water partition coefficient (Wildman–Crippen LogP) is 4.57. The third-order valence-corrected chi connectivity index (χ3v) is 7.03. The smallest absolute Gasteiger partial charge is 0.319 e. The molecule has 0 N–H and O–H groups in total. The summed E-state index contributed by atoms with van der Waals surface area (Å²) < 4.78 is 11.2. The van der Waals surface area contributed by atoms with Gasteiger partial charge in [-0.25, -0.2) is 0 Å². The Balaban J connectivity index is 2.14. The molecule has 2 aliphatic carbocycles. The molecule has 3 atom stereocenters. The van der Waals surface area contributed by atoms with Gasteiger partial charge in [-0.2, -0.15) is 0 Å². The van der Waals surface area contributed by atoms with Gasteiger partial charge in [-0.15, -0.1) is 0 Å². The van der Waals surface area contributed by atoms with Gasteiger partial charge in [-0.1, -0.05) is 32.9 Å². The summed E-state index contributed by atoms with van der Waals surface area (Å²) in [5, 5.41) is 0. The molecule has 0 aliphatic heterocycles. The molecule has 0 bridgehead atoms. The lowest BCUT2D eigenvalue weighted by Gasteiger charge is -2.53. The van der Waals surface area contributed by atoms with E-state index in [0.717, 1.165) is 25.0 Å². The number of methoxy groups -OCH3 is 1. The number of carbonyl (C=O) groups is 2. The maximum atomic E-state index is 12.9. The standard InChI is InChI=1S/C23H32O4/c1-7-27-21(25)23(5)18-11-9-16-17(22(18,4)13-12-19(23)24)10-8-15(14(2)3)20(16)26-6/h8,10,14,18H,7,9,11-13H2,1-6H3/t18-,22-,23+/m1/s1. The second kappa shape index (κ2) is 6.96. The molecule has 3 rings (SSSR count). The van der Waals surface area contributed by atoms with Crippen LogP contribution in [0.3, 0.4) is 0 Å². The molecule has 27 heavy (non-hydrogen) atoms. The van der Waals surface area contributed by atoms with E-state index >= 15 is 0 Å². The molecule has 4 heteroatoms. The zero-order chi connectivity index (χ0) is 20.0. The number of benzene rings is 1. The van der Waals surface area contributed by atoms with E-state index in [1.807, 2.05) is 0 Å². The van der Waals surface area contributed by atoms with Crippen molar-refractivity contribution in [2.75, 3.05) is 13.7 Å². The fourth-order valence-electron chi connectivity index (χ4n) is 5.52. The van der Waals surface area contributed by atoms with Crippen molar-refractivity contribution in [1.82, 2.24) is 0 Å². The molecule has 0 heterocycles. The van der Waals surface area contributed by atoms with Crippen LogP contribution in [0.4, 0.5) is 0 Å². The molecule has 0 saturated heterocycles. The van der Waals surface area contributed by atoms with Crippen molar-refractivity contribution >= 4 is 11.8 Å². The largest absolute Gasteiger partial charge is 0.496 e. The Hall–Kier alpha value is -1.84. The van der Waals surface area contributed by atoms with Crippen LogP contribution in [0.2, 0.25) is 0 Å². The average molecular weight is 373 g/mol. The summed E-state index contributed by atoms with van der Waals surface area (Å²) >= 11 is 0. The Morgan fingerprint density at radius 3 is 2.56 bits per heavy atom. The van der Waals surface area contributed by atoms with Crippen LogP contribution >= 0.6 is 0 Å². The highest BCUT2D eigenvalue weighted by molar-refractivity contribution is 6.04. The maximum Gasteiger partial charge on any atom is 0.319 e. The number of Topliss-reactive ketones (excluding diaryl/α,β-unsaturated/α-hetero) is 1. The predicted molar refractivity (Wildman–Crippen MR) is 105 cm³/mol. The summed E-state index contributed by atoms with van der Waals surface area (Å²) in [6.07, 6.45) is 2.79. The van der Waals surface area contributed by atoms with Crippen molar-refractivity contribution in [1.29, 1.82) is 0 Å². The van der Waals surface area contributed by atoms with Crippen LogP contribution in [0.25, 0.3) is 0 Å². The molecule has 1 aromatic rings. The molecule has 148 valence electrons. The van der Waals surface area contributed by atoms with Crippen LogP contribution in [-0.2, 0) is 26.2 Å². The number of ether oxygens (including phenoxy) is 2. The molecule has 0 spiro atoms. The lowest BCUT2D eigenvalue weighted by molar-refractivity contribution is -0.169. The molecule has 0 amide bonds. The number of esters is 1. The van der Waals surface area contributed by atoms with Crippen molar-refractivity contribution < 1.29 is 19.1 Å². The van der Waals surface area contributed by atoms with E-state index in [2.05, 4.69) is 32.9 Å². The van der Waals surface area contributed by atoms with Gasteiger partial charge in [0, 0.05) is 6.42 Å². The first kappa shape index (κ1) is 19.9. The van der Waals surface area contributed by atoms with Gasteiger partial charge in [0.2, 0.25) is 0 Å². The van der Waals surface area contributed by atoms with Crippen LogP contribution in [0.5, 0.6) is 5.75 Å². The highest BCUT2D eigenvalue weighted by Gasteiger charge is 2.60. The minimum atomic E-state index is -1.06. The molecule has 0 radical (unpaired) electrons. The number of hydrogen-bond donors (Lipinski definition) is 0. The molecular formula is C23H32O4. The Bertz CT molecular complexity index is 766. The van der Waals surface area contributed by atoms with Gasteiger partial charge in [0.05, 0.1) is 13.7 Å². The quantitative estimate of drug-likeness (QED) is 0.574. The van der Waals surface area contributed by atoms with Gasteiger partial charge in [0.25, 0.3) is 0 Å². The fourth-order valence-corrected chi connectivity index (χ4v) is 5.52. The van der Waals surface area contributed by atoms with Gasteiger partial charge in [0.15, 0.2) is 0 Å². The van der Waals surface area contributed by atoms with E-state index in [-0.39, 0.29) is 23.1 Å². The number of carbonyl (C=O) groups excluding carboxylic acids is 2.